The molecule has 0 atom stereocenters. The Morgan fingerprint density at radius 3 is 1.50 bits per heavy atom. The standard InChI is InChI=1S/2C4H4N6O/c2*5-4-6-2-1(3(11)7-4)8-10-9-2/h2*(H4,5,6,7,8,9,10,11). The van der Waals surface area contributed by atoms with Crippen LogP contribution in [0.15, 0.2) is 9.59 Å². The van der Waals surface area contributed by atoms with Gasteiger partial charge in [-0.25, -0.2) is 0 Å². The van der Waals surface area contributed by atoms with Gasteiger partial charge in [0.1, 0.15) is 0 Å². The second-order valence-corrected chi connectivity index (χ2v) is 3.89. The molecule has 4 aromatic heterocycles. The summed E-state index contributed by atoms with van der Waals surface area (Å²) in [6, 6.07) is 0. The van der Waals surface area contributed by atoms with Crippen LogP contribution in [-0.2, 0) is 0 Å². The van der Waals surface area contributed by atoms with E-state index in [9.17, 15) is 9.59 Å². The lowest BCUT2D eigenvalue weighted by atomic mass is 10.5. The molecule has 0 amide bonds. The fourth-order valence-electron chi connectivity index (χ4n) is 1.55. The SMILES string of the molecule is Nc1nc2n[nH]nc2c(=O)[nH]1.Nc1nc2n[nH]nc2c(=O)[nH]1. The molecular formula is C8H8N12O2. The Morgan fingerprint density at radius 2 is 1.09 bits per heavy atom. The predicted octanol–water partition coefficient (Wildman–Crippen LogP) is -2.75. The van der Waals surface area contributed by atoms with E-state index in [-0.39, 0.29) is 45.3 Å². The Balaban J connectivity index is 0.000000131. The topological polar surface area (TPSA) is 227 Å². The Labute approximate surface area is 118 Å². The molecule has 22 heavy (non-hydrogen) atoms. The summed E-state index contributed by atoms with van der Waals surface area (Å²) < 4.78 is 0. The number of nitrogens with two attached hydrogens (primary N) is 2. The first kappa shape index (κ1) is 13.2. The fourth-order valence-corrected chi connectivity index (χ4v) is 1.55. The number of aromatic amines is 4. The summed E-state index contributed by atoms with van der Waals surface area (Å²) in [4.78, 5) is 33.9. The Kier molecular flexibility index (Phi) is 2.95. The van der Waals surface area contributed by atoms with E-state index in [0.29, 0.717) is 0 Å². The number of anilines is 2. The van der Waals surface area contributed by atoms with Crippen molar-refractivity contribution in [2.24, 2.45) is 0 Å². The lowest BCUT2D eigenvalue weighted by Gasteiger charge is -1.87. The zero-order chi connectivity index (χ0) is 15.7. The first-order chi connectivity index (χ1) is 10.5. The van der Waals surface area contributed by atoms with Crippen LogP contribution in [-0.4, -0.2) is 50.8 Å². The van der Waals surface area contributed by atoms with Crippen molar-refractivity contribution in [3.8, 4) is 0 Å². The highest BCUT2D eigenvalue weighted by atomic mass is 16.1. The molecule has 0 aromatic carbocycles. The van der Waals surface area contributed by atoms with Crippen molar-refractivity contribution in [2.45, 2.75) is 0 Å². The molecule has 14 heteroatoms. The summed E-state index contributed by atoms with van der Waals surface area (Å²) in [6.07, 6.45) is 0. The van der Waals surface area contributed by atoms with Crippen LogP contribution in [0.2, 0.25) is 0 Å². The van der Waals surface area contributed by atoms with Crippen molar-refractivity contribution in [1.82, 2.24) is 50.8 Å². The molecule has 4 heterocycles. The van der Waals surface area contributed by atoms with E-state index < -0.39 is 0 Å². The van der Waals surface area contributed by atoms with Crippen molar-refractivity contribution in [1.29, 1.82) is 0 Å². The van der Waals surface area contributed by atoms with Gasteiger partial charge in [0, 0.05) is 0 Å². The Bertz CT molecular complexity index is 968. The van der Waals surface area contributed by atoms with E-state index in [2.05, 4.69) is 50.8 Å². The van der Waals surface area contributed by atoms with Crippen LogP contribution < -0.4 is 22.6 Å². The maximum atomic E-state index is 11.0. The maximum absolute atomic E-state index is 11.0. The molecule has 14 nitrogen and oxygen atoms in total. The predicted molar refractivity (Wildman–Crippen MR) is 73.4 cm³/mol. The summed E-state index contributed by atoms with van der Waals surface area (Å²) in [5.74, 6) is 0.0767. The summed E-state index contributed by atoms with van der Waals surface area (Å²) >= 11 is 0. The minimum atomic E-state index is -0.388. The van der Waals surface area contributed by atoms with Gasteiger partial charge in [-0.3, -0.25) is 19.6 Å². The summed E-state index contributed by atoms with van der Waals surface area (Å²) in [5.41, 5.74) is 10.5. The van der Waals surface area contributed by atoms with E-state index in [1.807, 2.05) is 0 Å². The second kappa shape index (κ2) is 4.93. The molecule has 0 bridgehead atoms. The Morgan fingerprint density at radius 1 is 0.682 bits per heavy atom. The van der Waals surface area contributed by atoms with Crippen LogP contribution in [0.4, 0.5) is 11.9 Å². The van der Waals surface area contributed by atoms with Crippen LogP contribution in [0.5, 0.6) is 0 Å². The quantitative estimate of drug-likeness (QED) is 0.196. The molecule has 0 fully saturated rings. The third-order valence-electron chi connectivity index (χ3n) is 2.43. The zero-order valence-corrected chi connectivity index (χ0v) is 10.7. The third-order valence-corrected chi connectivity index (χ3v) is 2.43. The monoisotopic (exact) mass is 304 g/mol. The van der Waals surface area contributed by atoms with Crippen LogP contribution in [0, 0.1) is 0 Å². The Hall–Kier alpha value is -3.84. The fraction of sp³-hybridized carbons (Fsp3) is 0. The molecule has 0 spiro atoms. The average molecular weight is 304 g/mol. The normalized spacial score (nSPS) is 10.5. The van der Waals surface area contributed by atoms with Gasteiger partial charge < -0.3 is 11.5 Å². The molecule has 0 aliphatic heterocycles. The first-order valence-electron chi connectivity index (χ1n) is 5.67. The second-order valence-electron chi connectivity index (χ2n) is 3.89. The molecule has 0 unspecified atom stereocenters. The molecule has 4 aromatic rings. The summed E-state index contributed by atoms with van der Waals surface area (Å²) in [7, 11) is 0. The number of fused-ring (bicyclic) bond motifs is 2. The largest absolute Gasteiger partial charge is 0.369 e. The lowest BCUT2D eigenvalue weighted by molar-refractivity contribution is 0.954. The highest BCUT2D eigenvalue weighted by molar-refractivity contribution is 5.68. The van der Waals surface area contributed by atoms with Crippen molar-refractivity contribution < 1.29 is 0 Å². The number of hydrogen-bond acceptors (Lipinski definition) is 10. The molecule has 0 aliphatic rings. The molecule has 4 rings (SSSR count). The maximum Gasteiger partial charge on any atom is 0.282 e. The molecule has 0 radical (unpaired) electrons. The van der Waals surface area contributed by atoms with Crippen molar-refractivity contribution in [3.63, 3.8) is 0 Å². The number of H-pyrrole nitrogens is 4. The van der Waals surface area contributed by atoms with Crippen LogP contribution in [0.1, 0.15) is 0 Å². The van der Waals surface area contributed by atoms with E-state index >= 15 is 0 Å². The van der Waals surface area contributed by atoms with Gasteiger partial charge in [0.2, 0.25) is 23.2 Å². The van der Waals surface area contributed by atoms with Crippen LogP contribution in [0.25, 0.3) is 22.3 Å². The summed E-state index contributed by atoms with van der Waals surface area (Å²) in [6.45, 7) is 0. The molecule has 112 valence electrons. The van der Waals surface area contributed by atoms with E-state index in [4.69, 9.17) is 11.5 Å². The van der Waals surface area contributed by atoms with Gasteiger partial charge in [-0.05, 0) is 0 Å². The van der Waals surface area contributed by atoms with Gasteiger partial charge in [0.25, 0.3) is 11.1 Å². The molecule has 0 saturated carbocycles. The van der Waals surface area contributed by atoms with Crippen molar-refractivity contribution in [2.75, 3.05) is 11.5 Å². The van der Waals surface area contributed by atoms with Gasteiger partial charge in [-0.1, -0.05) is 0 Å². The van der Waals surface area contributed by atoms with Gasteiger partial charge >= 0.3 is 0 Å². The molecule has 0 saturated heterocycles. The number of nitrogens with zero attached hydrogens (tertiary/aromatic N) is 6. The highest BCUT2D eigenvalue weighted by Crippen LogP contribution is 1.97. The van der Waals surface area contributed by atoms with E-state index in [1.54, 1.807) is 0 Å². The lowest BCUT2D eigenvalue weighted by Crippen LogP contribution is -2.10. The number of nitrogen functional groups attached to an aromatic ring is 2. The number of rotatable bonds is 0. The number of nitrogens with one attached hydrogen (secondary N) is 4. The van der Waals surface area contributed by atoms with Gasteiger partial charge in [-0.15, -0.1) is 20.4 Å². The van der Waals surface area contributed by atoms with Gasteiger partial charge in [0.05, 0.1) is 0 Å². The highest BCUT2D eigenvalue weighted by Gasteiger charge is 2.04. The summed E-state index contributed by atoms with van der Waals surface area (Å²) in [5, 5.41) is 18.8. The minimum Gasteiger partial charge on any atom is -0.369 e. The van der Waals surface area contributed by atoms with Crippen LogP contribution >= 0.6 is 0 Å². The third kappa shape index (κ3) is 2.30. The zero-order valence-electron chi connectivity index (χ0n) is 10.7. The molecule has 0 aliphatic carbocycles. The van der Waals surface area contributed by atoms with Crippen LogP contribution in [0.3, 0.4) is 0 Å². The van der Waals surface area contributed by atoms with Crippen molar-refractivity contribution >= 4 is 34.2 Å². The number of aromatic nitrogens is 10. The van der Waals surface area contributed by atoms with Gasteiger partial charge in [0.15, 0.2) is 11.0 Å². The van der Waals surface area contributed by atoms with E-state index in [0.717, 1.165) is 0 Å². The smallest absolute Gasteiger partial charge is 0.282 e. The van der Waals surface area contributed by atoms with Gasteiger partial charge in [-0.2, -0.15) is 20.4 Å². The minimum absolute atomic E-state index is 0.0383. The van der Waals surface area contributed by atoms with Crippen molar-refractivity contribution in [3.05, 3.63) is 20.7 Å². The first-order valence-corrected chi connectivity index (χ1v) is 5.67. The molecular weight excluding hydrogens is 296 g/mol. The number of hydrogen-bond donors (Lipinski definition) is 6. The average Bonchev–Trinajstić information content (AvgIpc) is 3.07. The molecule has 8 N–H and O–H groups in total. The van der Waals surface area contributed by atoms with E-state index in [1.165, 1.54) is 0 Å².